The van der Waals surface area contributed by atoms with Crippen LogP contribution in [0.5, 0.6) is 5.75 Å². The van der Waals surface area contributed by atoms with E-state index in [2.05, 4.69) is 10.6 Å². The van der Waals surface area contributed by atoms with Crippen molar-refractivity contribution in [1.82, 2.24) is 9.88 Å². The van der Waals surface area contributed by atoms with Crippen LogP contribution in [0.3, 0.4) is 0 Å². The van der Waals surface area contributed by atoms with Gasteiger partial charge in [-0.05, 0) is 36.2 Å². The number of fused-ring (bicyclic) bond motifs is 1. The van der Waals surface area contributed by atoms with E-state index in [4.69, 9.17) is 14.6 Å². The summed E-state index contributed by atoms with van der Waals surface area (Å²) in [5, 5.41) is 15.4. The maximum atomic E-state index is 15.8. The van der Waals surface area contributed by atoms with E-state index in [9.17, 15) is 22.8 Å². The van der Waals surface area contributed by atoms with Crippen molar-refractivity contribution in [3.8, 4) is 16.9 Å². The number of nitrogens with one attached hydrogen (secondary N) is 2. The Kier molecular flexibility index (Phi) is 9.96. The third-order valence-electron chi connectivity index (χ3n) is 8.21. The number of aliphatic carboxylic acids is 1. The Hall–Kier alpha value is -4.75. The number of methoxy groups -OCH3 is 1. The molecule has 2 unspecified atom stereocenters. The van der Waals surface area contributed by atoms with Crippen molar-refractivity contribution in [2.75, 3.05) is 38.7 Å². The molecule has 3 N–H and O–H groups in total. The van der Waals surface area contributed by atoms with Gasteiger partial charge in [0.05, 0.1) is 36.9 Å². The van der Waals surface area contributed by atoms with Crippen molar-refractivity contribution in [2.24, 2.45) is 0 Å². The van der Waals surface area contributed by atoms with Gasteiger partial charge >= 0.3 is 12.1 Å². The van der Waals surface area contributed by atoms with Crippen molar-refractivity contribution < 1.29 is 41.3 Å². The standard InChI is InChI=1S/C34H32F5N3O5/c1-19-22(16-23-24(34(37,38)39)11-7-12-25(23)35)32-41-17-26(31(20-8-4-3-5-9-20)40-14-15-47-18-28(43)44)42(32)33(45)29(19)21-10-6-13-27(46-2)30(21)36/h3-13,26,31,40-41H,14-18H2,1-2H3,(H,43,44). The maximum Gasteiger partial charge on any atom is 0.416 e. The number of aromatic nitrogens is 1. The highest BCUT2D eigenvalue weighted by molar-refractivity contribution is 5.74. The number of pyridine rings is 1. The summed E-state index contributed by atoms with van der Waals surface area (Å²) in [6, 6.07) is 14.7. The SMILES string of the molecule is COc1cccc(-c2c(C)c(Cc3c(F)cccc3C(F)(F)F)c3n(c2=O)C(C(NCCOCC(=O)O)c2ccccc2)CN3)c1F. The molecule has 4 aromatic rings. The molecule has 2 heterocycles. The van der Waals surface area contributed by atoms with E-state index in [1.165, 1.54) is 36.8 Å². The molecule has 248 valence electrons. The molecule has 8 nitrogen and oxygen atoms in total. The number of halogens is 5. The van der Waals surface area contributed by atoms with E-state index in [0.29, 0.717) is 0 Å². The average Bonchev–Trinajstić information content (AvgIpc) is 3.47. The smallest absolute Gasteiger partial charge is 0.416 e. The second kappa shape index (κ2) is 13.9. The van der Waals surface area contributed by atoms with E-state index in [1.54, 1.807) is 18.2 Å². The van der Waals surface area contributed by atoms with Crippen molar-refractivity contribution in [1.29, 1.82) is 0 Å². The fourth-order valence-corrected chi connectivity index (χ4v) is 6.08. The molecule has 0 amide bonds. The number of benzene rings is 3. The van der Waals surface area contributed by atoms with E-state index >= 15 is 8.78 Å². The number of carbonyl (C=O) groups is 1. The van der Waals surface area contributed by atoms with Crippen LogP contribution in [0.4, 0.5) is 27.8 Å². The number of nitrogens with zero attached hydrogens (tertiary/aromatic N) is 1. The van der Waals surface area contributed by atoms with Gasteiger partial charge < -0.3 is 25.2 Å². The highest BCUT2D eigenvalue weighted by Gasteiger charge is 2.38. The highest BCUT2D eigenvalue weighted by Crippen LogP contribution is 2.41. The molecule has 13 heteroatoms. The minimum Gasteiger partial charge on any atom is -0.494 e. The van der Waals surface area contributed by atoms with Crippen LogP contribution in [-0.4, -0.2) is 49.1 Å². The van der Waals surface area contributed by atoms with Crippen LogP contribution in [0.25, 0.3) is 11.1 Å². The van der Waals surface area contributed by atoms with Gasteiger partial charge in [-0.25, -0.2) is 13.6 Å². The lowest BCUT2D eigenvalue weighted by Crippen LogP contribution is -2.37. The van der Waals surface area contributed by atoms with Crippen molar-refractivity contribution in [2.45, 2.75) is 31.6 Å². The zero-order chi connectivity index (χ0) is 33.9. The first-order chi connectivity index (χ1) is 22.4. The third-order valence-corrected chi connectivity index (χ3v) is 8.21. The summed E-state index contributed by atoms with van der Waals surface area (Å²) in [7, 11) is 1.27. The van der Waals surface area contributed by atoms with Gasteiger partial charge in [0.25, 0.3) is 5.56 Å². The summed E-state index contributed by atoms with van der Waals surface area (Å²) in [6.45, 7) is 1.36. The minimum absolute atomic E-state index is 0.0322. The summed E-state index contributed by atoms with van der Waals surface area (Å²) in [5.41, 5.74) is -1.48. The molecule has 0 radical (unpaired) electrons. The van der Waals surface area contributed by atoms with Crippen LogP contribution < -0.4 is 20.9 Å². The first kappa shape index (κ1) is 33.6. The largest absolute Gasteiger partial charge is 0.494 e. The van der Waals surface area contributed by atoms with Gasteiger partial charge in [-0.15, -0.1) is 0 Å². The Bertz CT molecular complexity index is 1830. The lowest BCUT2D eigenvalue weighted by Gasteiger charge is -2.28. The number of hydrogen-bond donors (Lipinski definition) is 3. The normalized spacial score (nSPS) is 14.8. The van der Waals surface area contributed by atoms with E-state index in [0.717, 1.165) is 23.8 Å². The lowest BCUT2D eigenvalue weighted by molar-refractivity contribution is -0.142. The second-order valence-electron chi connectivity index (χ2n) is 11.0. The topological polar surface area (TPSA) is 102 Å². The van der Waals surface area contributed by atoms with Gasteiger partial charge in [-0.1, -0.05) is 48.5 Å². The van der Waals surface area contributed by atoms with Gasteiger partial charge in [0.15, 0.2) is 11.6 Å². The molecule has 2 atom stereocenters. The average molecular weight is 658 g/mol. The first-order valence-electron chi connectivity index (χ1n) is 14.7. The predicted molar refractivity (Wildman–Crippen MR) is 165 cm³/mol. The molecule has 0 spiro atoms. The molecule has 1 aliphatic rings. The monoisotopic (exact) mass is 657 g/mol. The number of ether oxygens (including phenoxy) is 2. The Morgan fingerprint density at radius 2 is 1.79 bits per heavy atom. The van der Waals surface area contributed by atoms with Gasteiger partial charge in [-0.2, -0.15) is 13.2 Å². The molecule has 0 saturated carbocycles. The first-order valence-corrected chi connectivity index (χ1v) is 14.7. The molecule has 0 aliphatic carbocycles. The van der Waals surface area contributed by atoms with E-state index < -0.39 is 65.6 Å². The summed E-state index contributed by atoms with van der Waals surface area (Å²) in [5.74, 6) is -2.99. The molecule has 0 fully saturated rings. The molecule has 5 rings (SSSR count). The van der Waals surface area contributed by atoms with Gasteiger partial charge in [0.2, 0.25) is 0 Å². The van der Waals surface area contributed by atoms with Crippen LogP contribution >= 0.6 is 0 Å². The van der Waals surface area contributed by atoms with Gasteiger partial charge in [-0.3, -0.25) is 9.36 Å². The van der Waals surface area contributed by atoms with Crippen LogP contribution in [0.2, 0.25) is 0 Å². The van der Waals surface area contributed by atoms with Crippen LogP contribution in [0.15, 0.2) is 71.5 Å². The Labute approximate surface area is 266 Å². The Morgan fingerprint density at radius 1 is 1.06 bits per heavy atom. The summed E-state index contributed by atoms with van der Waals surface area (Å²) >= 11 is 0. The summed E-state index contributed by atoms with van der Waals surface area (Å²) < 4.78 is 84.8. The third kappa shape index (κ3) is 6.86. The van der Waals surface area contributed by atoms with Crippen LogP contribution in [-0.2, 0) is 22.1 Å². The zero-order valence-electron chi connectivity index (χ0n) is 25.5. The summed E-state index contributed by atoms with van der Waals surface area (Å²) in [4.78, 5) is 25.4. The van der Waals surface area contributed by atoms with E-state index in [-0.39, 0.29) is 53.5 Å². The van der Waals surface area contributed by atoms with Crippen molar-refractivity contribution >= 4 is 11.8 Å². The molecular weight excluding hydrogens is 625 g/mol. The molecule has 3 aromatic carbocycles. The fourth-order valence-electron chi connectivity index (χ4n) is 6.08. The zero-order valence-corrected chi connectivity index (χ0v) is 25.5. The Morgan fingerprint density at radius 3 is 2.47 bits per heavy atom. The molecule has 47 heavy (non-hydrogen) atoms. The van der Waals surface area contributed by atoms with Crippen molar-refractivity contribution in [3.63, 3.8) is 0 Å². The highest BCUT2D eigenvalue weighted by atomic mass is 19.4. The second-order valence-corrected chi connectivity index (χ2v) is 11.0. The van der Waals surface area contributed by atoms with E-state index in [1.807, 2.05) is 12.1 Å². The molecular formula is C34H32F5N3O5. The molecule has 1 aliphatic heterocycles. The summed E-state index contributed by atoms with van der Waals surface area (Å²) in [6.07, 6.45) is -5.41. The maximum absolute atomic E-state index is 15.8. The quantitative estimate of drug-likeness (QED) is 0.125. The lowest BCUT2D eigenvalue weighted by atomic mass is 9.91. The number of hydrogen-bond acceptors (Lipinski definition) is 6. The molecule has 0 saturated heterocycles. The van der Waals surface area contributed by atoms with Crippen LogP contribution in [0.1, 0.15) is 39.9 Å². The number of carboxylic acids is 1. The number of rotatable bonds is 12. The van der Waals surface area contributed by atoms with Gasteiger partial charge in [0.1, 0.15) is 18.2 Å². The fraction of sp³-hybridized carbons (Fsp3) is 0.294. The molecule has 1 aromatic heterocycles. The minimum atomic E-state index is -4.86. The number of carboxylic acid groups (broad SMARTS) is 1. The van der Waals surface area contributed by atoms with Gasteiger partial charge in [0, 0.05) is 36.2 Å². The van der Waals surface area contributed by atoms with Crippen molar-refractivity contribution in [3.05, 3.63) is 117 Å². The Balaban J connectivity index is 1.71. The number of alkyl halides is 3. The number of anilines is 1. The molecule has 0 bridgehead atoms. The predicted octanol–water partition coefficient (Wildman–Crippen LogP) is 6.12. The van der Waals surface area contributed by atoms with Crippen LogP contribution in [0, 0.1) is 18.6 Å².